The van der Waals surface area contributed by atoms with Crippen LogP contribution in [0.25, 0.3) is 5.76 Å². The first kappa shape index (κ1) is 23.9. The molecule has 1 amide bonds. The largest absolute Gasteiger partial charge is 0.507 e. The molecule has 5 rings (SSSR count). The van der Waals surface area contributed by atoms with Crippen LogP contribution in [0, 0.1) is 0 Å². The molecule has 0 bridgehead atoms. The van der Waals surface area contributed by atoms with Gasteiger partial charge in [-0.15, -0.1) is 0 Å². The Balaban J connectivity index is 1.48. The van der Waals surface area contributed by atoms with Gasteiger partial charge in [0.25, 0.3) is 11.7 Å². The summed E-state index contributed by atoms with van der Waals surface area (Å²) in [7, 11) is 0. The molecule has 8 heteroatoms. The molecule has 184 valence electrons. The molecule has 0 saturated carbocycles. The average molecular weight is 497 g/mol. The second-order valence-electron chi connectivity index (χ2n) is 9.31. The van der Waals surface area contributed by atoms with Gasteiger partial charge in [0.05, 0.1) is 24.8 Å². The van der Waals surface area contributed by atoms with Crippen molar-refractivity contribution < 1.29 is 24.2 Å². The Bertz CT molecular complexity index is 1170. The number of hydrogen-bond donors (Lipinski definition) is 1. The van der Waals surface area contributed by atoms with Crippen LogP contribution in [0.3, 0.4) is 0 Å². The van der Waals surface area contributed by atoms with Gasteiger partial charge in [-0.3, -0.25) is 14.5 Å². The van der Waals surface area contributed by atoms with Gasteiger partial charge in [0.1, 0.15) is 17.6 Å². The summed E-state index contributed by atoms with van der Waals surface area (Å²) in [6.07, 6.45) is 1.49. The predicted molar refractivity (Wildman–Crippen MR) is 133 cm³/mol. The Kier molecular flexibility index (Phi) is 6.82. The number of ether oxygens (including phenoxy) is 2. The van der Waals surface area contributed by atoms with Crippen LogP contribution in [0.15, 0.2) is 48.0 Å². The fourth-order valence-corrected chi connectivity index (χ4v) is 5.35. The van der Waals surface area contributed by atoms with Crippen LogP contribution in [0.2, 0.25) is 5.02 Å². The summed E-state index contributed by atoms with van der Waals surface area (Å²) in [6.45, 7) is 6.31. The fourth-order valence-electron chi connectivity index (χ4n) is 5.15. The van der Waals surface area contributed by atoms with E-state index in [9.17, 15) is 14.7 Å². The monoisotopic (exact) mass is 496 g/mol. The summed E-state index contributed by atoms with van der Waals surface area (Å²) < 4.78 is 11.2. The predicted octanol–water partition coefficient (Wildman–Crippen LogP) is 3.81. The maximum Gasteiger partial charge on any atom is 0.295 e. The molecule has 3 aliphatic rings. The summed E-state index contributed by atoms with van der Waals surface area (Å²) in [4.78, 5) is 30.3. The van der Waals surface area contributed by atoms with Gasteiger partial charge in [-0.2, -0.15) is 0 Å². The Labute approximate surface area is 209 Å². The molecule has 2 fully saturated rings. The molecule has 7 nitrogen and oxygen atoms in total. The van der Waals surface area contributed by atoms with Gasteiger partial charge in [-0.25, -0.2) is 0 Å². The highest BCUT2D eigenvalue weighted by molar-refractivity contribution is 6.46. The minimum Gasteiger partial charge on any atom is -0.507 e. The first-order valence-electron chi connectivity index (χ1n) is 12.1. The Morgan fingerprint density at radius 3 is 2.69 bits per heavy atom. The van der Waals surface area contributed by atoms with Crippen molar-refractivity contribution in [2.24, 2.45) is 0 Å². The third-order valence-corrected chi connectivity index (χ3v) is 7.09. The van der Waals surface area contributed by atoms with E-state index < -0.39 is 17.7 Å². The summed E-state index contributed by atoms with van der Waals surface area (Å²) in [5.41, 5.74) is 2.26. The number of amides is 1. The number of carbonyl (C=O) groups excluding carboxylic acids is 2. The van der Waals surface area contributed by atoms with Crippen LogP contribution in [0.5, 0.6) is 5.75 Å². The molecule has 1 N–H and O–H groups in total. The van der Waals surface area contributed by atoms with Gasteiger partial charge >= 0.3 is 0 Å². The highest BCUT2D eigenvalue weighted by Gasteiger charge is 2.46. The van der Waals surface area contributed by atoms with E-state index in [4.69, 9.17) is 21.1 Å². The van der Waals surface area contributed by atoms with Crippen LogP contribution >= 0.6 is 11.6 Å². The minimum absolute atomic E-state index is 0.0610. The third-order valence-electron chi connectivity index (χ3n) is 6.85. The van der Waals surface area contributed by atoms with Crippen molar-refractivity contribution in [2.75, 3.05) is 39.4 Å². The lowest BCUT2D eigenvalue weighted by atomic mass is 9.94. The molecular formula is C27H29ClN2O5. The lowest BCUT2D eigenvalue weighted by Crippen LogP contribution is -2.38. The number of benzene rings is 2. The molecule has 35 heavy (non-hydrogen) atoms. The lowest BCUT2D eigenvalue weighted by molar-refractivity contribution is -0.140. The van der Waals surface area contributed by atoms with E-state index >= 15 is 0 Å². The highest BCUT2D eigenvalue weighted by atomic mass is 35.5. The van der Waals surface area contributed by atoms with E-state index in [1.54, 1.807) is 35.2 Å². The molecule has 0 aromatic heterocycles. The Hall–Kier alpha value is -2.87. The van der Waals surface area contributed by atoms with Crippen LogP contribution in [0.4, 0.5) is 0 Å². The number of aliphatic hydroxyl groups is 1. The zero-order valence-corrected chi connectivity index (χ0v) is 20.5. The molecule has 2 saturated heterocycles. The van der Waals surface area contributed by atoms with Crippen molar-refractivity contribution in [3.8, 4) is 5.75 Å². The molecule has 0 aliphatic carbocycles. The molecule has 0 spiro atoms. The second-order valence-corrected chi connectivity index (χ2v) is 9.75. The lowest BCUT2D eigenvalue weighted by Gasteiger charge is -2.29. The number of rotatable bonds is 6. The van der Waals surface area contributed by atoms with E-state index in [2.05, 4.69) is 4.90 Å². The van der Waals surface area contributed by atoms with E-state index in [0.717, 1.165) is 37.4 Å². The number of ketones is 1. The van der Waals surface area contributed by atoms with Crippen molar-refractivity contribution in [3.05, 3.63) is 69.8 Å². The molecule has 2 atom stereocenters. The number of aliphatic hydroxyl groups excluding tert-OH is 1. The van der Waals surface area contributed by atoms with Crippen molar-refractivity contribution >= 4 is 29.1 Å². The van der Waals surface area contributed by atoms with E-state index in [1.165, 1.54) is 0 Å². The standard InChI is InChI=1S/C27H29ClN2O5/c1-17-14-20-15-19(6-7-22(20)35-17)25(31)23-24(18-4-2-5-21(28)16-18)30(27(33)26(23)32)9-3-8-29-10-12-34-13-11-29/h2,4-7,15-17,24,31H,3,8-14H2,1H3/b25-23+/t17-,24+/m1/s1. The van der Waals surface area contributed by atoms with Crippen LogP contribution in [-0.2, 0) is 20.7 Å². The number of carbonyl (C=O) groups is 2. The van der Waals surface area contributed by atoms with Crippen molar-refractivity contribution in [2.45, 2.75) is 31.9 Å². The Morgan fingerprint density at radius 2 is 1.91 bits per heavy atom. The zero-order chi connectivity index (χ0) is 24.5. The number of fused-ring (bicyclic) bond motifs is 1. The zero-order valence-electron chi connectivity index (χ0n) is 19.7. The Morgan fingerprint density at radius 1 is 1.11 bits per heavy atom. The number of halogens is 1. The smallest absolute Gasteiger partial charge is 0.295 e. The second kappa shape index (κ2) is 10.0. The third kappa shape index (κ3) is 4.81. The van der Waals surface area contributed by atoms with Crippen LogP contribution < -0.4 is 4.74 Å². The van der Waals surface area contributed by atoms with E-state index in [0.29, 0.717) is 42.3 Å². The summed E-state index contributed by atoms with van der Waals surface area (Å²) in [5, 5.41) is 11.8. The number of Topliss-reactive ketones (excluding diaryl/α,β-unsaturated/α-hetero) is 1. The van der Waals surface area contributed by atoms with Gasteiger partial charge in [-0.1, -0.05) is 23.7 Å². The molecular weight excluding hydrogens is 468 g/mol. The fraction of sp³-hybridized carbons (Fsp3) is 0.407. The first-order valence-corrected chi connectivity index (χ1v) is 12.4. The average Bonchev–Trinajstić information content (AvgIpc) is 3.35. The van der Waals surface area contributed by atoms with Crippen molar-refractivity contribution in [3.63, 3.8) is 0 Å². The molecule has 0 unspecified atom stereocenters. The topological polar surface area (TPSA) is 79.3 Å². The summed E-state index contributed by atoms with van der Waals surface area (Å²) in [5.74, 6) is -0.670. The summed E-state index contributed by atoms with van der Waals surface area (Å²) in [6, 6.07) is 11.8. The number of likely N-dealkylation sites (tertiary alicyclic amines) is 1. The van der Waals surface area contributed by atoms with Crippen LogP contribution in [0.1, 0.15) is 36.1 Å². The molecule has 0 radical (unpaired) electrons. The number of nitrogens with zero attached hydrogens (tertiary/aromatic N) is 2. The SMILES string of the molecule is C[C@@H]1Cc2cc(/C(O)=C3\C(=O)C(=O)N(CCCN4CCOCC4)[C@H]3c3cccc(Cl)c3)ccc2O1. The molecule has 2 aromatic carbocycles. The highest BCUT2D eigenvalue weighted by Crippen LogP contribution is 2.41. The van der Waals surface area contributed by atoms with E-state index in [-0.39, 0.29) is 17.4 Å². The van der Waals surface area contributed by atoms with Gasteiger partial charge in [-0.05, 0) is 54.8 Å². The summed E-state index contributed by atoms with van der Waals surface area (Å²) >= 11 is 6.27. The normalized spacial score (nSPS) is 24.0. The molecule has 3 aliphatic heterocycles. The maximum atomic E-state index is 13.3. The van der Waals surface area contributed by atoms with Crippen molar-refractivity contribution in [1.29, 1.82) is 0 Å². The van der Waals surface area contributed by atoms with Gasteiger partial charge in [0.15, 0.2) is 0 Å². The number of hydrogen-bond acceptors (Lipinski definition) is 6. The first-order chi connectivity index (χ1) is 16.9. The van der Waals surface area contributed by atoms with Gasteiger partial charge in [0, 0.05) is 43.2 Å². The quantitative estimate of drug-likeness (QED) is 0.372. The van der Waals surface area contributed by atoms with Crippen LogP contribution in [-0.4, -0.2) is 72.1 Å². The van der Waals surface area contributed by atoms with Gasteiger partial charge in [0.2, 0.25) is 0 Å². The minimum atomic E-state index is -0.707. The molecule has 3 heterocycles. The maximum absolute atomic E-state index is 13.3. The van der Waals surface area contributed by atoms with Crippen molar-refractivity contribution in [1.82, 2.24) is 9.80 Å². The molecule has 2 aromatic rings. The number of morpholine rings is 1. The van der Waals surface area contributed by atoms with Gasteiger partial charge < -0.3 is 19.5 Å². The van der Waals surface area contributed by atoms with E-state index in [1.807, 2.05) is 19.1 Å².